The number of nitrogens with zero attached hydrogens (tertiary/aromatic N) is 1. The van der Waals surface area contributed by atoms with Crippen LogP contribution in [0.5, 0.6) is 5.75 Å². The van der Waals surface area contributed by atoms with Crippen molar-refractivity contribution in [2.24, 2.45) is 0 Å². The molecule has 0 amide bonds. The van der Waals surface area contributed by atoms with Gasteiger partial charge in [-0.25, -0.2) is 13.2 Å². The Balaban J connectivity index is 2.65. The molecule has 1 heterocycles. The van der Waals surface area contributed by atoms with Crippen LogP contribution in [0.25, 0.3) is 11.3 Å². The van der Waals surface area contributed by atoms with Gasteiger partial charge < -0.3 is 9.84 Å². The SMILES string of the molecule is COc1c(-c2cc(C(=O)O)[nH]n2)cccc1S(C)(=O)=O. The summed E-state index contributed by atoms with van der Waals surface area (Å²) in [4.78, 5) is 10.9. The summed E-state index contributed by atoms with van der Waals surface area (Å²) in [5.74, 6) is -1.01. The van der Waals surface area contributed by atoms with Gasteiger partial charge in [-0.05, 0) is 18.2 Å². The van der Waals surface area contributed by atoms with Gasteiger partial charge in [0, 0.05) is 11.8 Å². The predicted molar refractivity (Wildman–Crippen MR) is 70.6 cm³/mol. The Bertz CT molecular complexity index is 764. The average molecular weight is 296 g/mol. The smallest absolute Gasteiger partial charge is 0.353 e. The number of H-pyrrole nitrogens is 1. The quantitative estimate of drug-likeness (QED) is 0.877. The fourth-order valence-corrected chi connectivity index (χ4v) is 2.65. The highest BCUT2D eigenvalue weighted by Gasteiger charge is 2.20. The Morgan fingerprint density at radius 2 is 2.10 bits per heavy atom. The van der Waals surface area contributed by atoms with E-state index in [1.807, 2.05) is 0 Å². The Morgan fingerprint density at radius 1 is 1.40 bits per heavy atom. The van der Waals surface area contributed by atoms with Crippen LogP contribution in [0.2, 0.25) is 0 Å². The van der Waals surface area contributed by atoms with Gasteiger partial charge in [0.1, 0.15) is 16.3 Å². The molecule has 0 saturated carbocycles. The normalized spacial score (nSPS) is 11.3. The molecule has 1 aromatic heterocycles. The molecule has 0 bridgehead atoms. The maximum atomic E-state index is 11.7. The van der Waals surface area contributed by atoms with Crippen LogP contribution in [-0.2, 0) is 9.84 Å². The number of methoxy groups -OCH3 is 1. The molecule has 0 saturated heterocycles. The number of ether oxygens (including phenoxy) is 1. The van der Waals surface area contributed by atoms with Crippen molar-refractivity contribution in [2.45, 2.75) is 4.90 Å². The topological polar surface area (TPSA) is 109 Å². The molecule has 2 aromatic rings. The van der Waals surface area contributed by atoms with Crippen LogP contribution >= 0.6 is 0 Å². The maximum absolute atomic E-state index is 11.7. The lowest BCUT2D eigenvalue weighted by molar-refractivity contribution is 0.0690. The maximum Gasteiger partial charge on any atom is 0.353 e. The van der Waals surface area contributed by atoms with Crippen LogP contribution in [0.3, 0.4) is 0 Å². The number of nitrogens with one attached hydrogen (secondary N) is 1. The van der Waals surface area contributed by atoms with E-state index in [-0.39, 0.29) is 16.3 Å². The number of rotatable bonds is 4. The lowest BCUT2D eigenvalue weighted by atomic mass is 10.1. The van der Waals surface area contributed by atoms with E-state index < -0.39 is 15.8 Å². The first-order chi connectivity index (χ1) is 9.34. The molecule has 0 unspecified atom stereocenters. The third kappa shape index (κ3) is 2.50. The summed E-state index contributed by atoms with van der Waals surface area (Å²) in [7, 11) is -2.12. The van der Waals surface area contributed by atoms with Crippen molar-refractivity contribution in [3.8, 4) is 17.0 Å². The van der Waals surface area contributed by atoms with E-state index >= 15 is 0 Å². The summed E-state index contributed by atoms with van der Waals surface area (Å²) in [6.07, 6.45) is 1.07. The van der Waals surface area contributed by atoms with E-state index in [1.165, 1.54) is 19.2 Å². The molecule has 8 heteroatoms. The minimum Gasteiger partial charge on any atom is -0.495 e. The largest absolute Gasteiger partial charge is 0.495 e. The number of sulfone groups is 1. The summed E-state index contributed by atoms with van der Waals surface area (Å²) >= 11 is 0. The Labute approximate surface area is 115 Å². The van der Waals surface area contributed by atoms with E-state index in [0.717, 1.165) is 6.26 Å². The number of aromatic carboxylic acids is 1. The van der Waals surface area contributed by atoms with E-state index in [1.54, 1.807) is 12.1 Å². The first-order valence-corrected chi connectivity index (χ1v) is 7.40. The summed E-state index contributed by atoms with van der Waals surface area (Å²) in [5, 5.41) is 15.1. The molecule has 0 aliphatic heterocycles. The molecule has 0 spiro atoms. The lowest BCUT2D eigenvalue weighted by Gasteiger charge is -2.10. The van der Waals surface area contributed by atoms with Crippen molar-refractivity contribution in [3.63, 3.8) is 0 Å². The van der Waals surface area contributed by atoms with Crippen molar-refractivity contribution >= 4 is 15.8 Å². The van der Waals surface area contributed by atoms with Gasteiger partial charge in [0.15, 0.2) is 9.84 Å². The lowest BCUT2D eigenvalue weighted by Crippen LogP contribution is -2.02. The zero-order valence-electron chi connectivity index (χ0n) is 10.7. The minimum atomic E-state index is -3.46. The molecule has 0 aliphatic rings. The molecule has 0 fully saturated rings. The monoisotopic (exact) mass is 296 g/mol. The average Bonchev–Trinajstić information content (AvgIpc) is 2.86. The van der Waals surface area contributed by atoms with Crippen LogP contribution in [0.15, 0.2) is 29.2 Å². The van der Waals surface area contributed by atoms with Gasteiger partial charge in [-0.3, -0.25) is 5.10 Å². The number of aromatic nitrogens is 2. The van der Waals surface area contributed by atoms with Gasteiger partial charge in [0.25, 0.3) is 0 Å². The molecule has 0 aliphatic carbocycles. The molecular formula is C12H12N2O5S. The number of aromatic amines is 1. The van der Waals surface area contributed by atoms with Gasteiger partial charge in [-0.15, -0.1) is 0 Å². The van der Waals surface area contributed by atoms with Crippen LogP contribution < -0.4 is 4.74 Å². The van der Waals surface area contributed by atoms with Gasteiger partial charge in [0.05, 0.1) is 12.8 Å². The highest BCUT2D eigenvalue weighted by molar-refractivity contribution is 7.90. The molecule has 0 atom stereocenters. The summed E-state index contributed by atoms with van der Waals surface area (Å²) in [6.45, 7) is 0. The van der Waals surface area contributed by atoms with E-state index in [2.05, 4.69) is 10.2 Å². The van der Waals surface area contributed by atoms with E-state index in [0.29, 0.717) is 11.3 Å². The van der Waals surface area contributed by atoms with Crippen molar-refractivity contribution in [1.29, 1.82) is 0 Å². The van der Waals surface area contributed by atoms with Crippen molar-refractivity contribution in [1.82, 2.24) is 10.2 Å². The third-order valence-corrected chi connectivity index (χ3v) is 3.79. The highest BCUT2D eigenvalue weighted by atomic mass is 32.2. The fraction of sp³-hybridized carbons (Fsp3) is 0.167. The number of hydrogen-bond donors (Lipinski definition) is 2. The van der Waals surface area contributed by atoms with Crippen molar-refractivity contribution in [3.05, 3.63) is 30.0 Å². The second kappa shape index (κ2) is 4.97. The number of carboxylic acid groups (broad SMARTS) is 1. The zero-order chi connectivity index (χ0) is 14.9. The highest BCUT2D eigenvalue weighted by Crippen LogP contribution is 2.34. The zero-order valence-corrected chi connectivity index (χ0v) is 11.6. The molecule has 7 nitrogen and oxygen atoms in total. The van der Waals surface area contributed by atoms with Crippen LogP contribution in [0.1, 0.15) is 10.5 Å². The van der Waals surface area contributed by atoms with Gasteiger partial charge >= 0.3 is 5.97 Å². The first kappa shape index (κ1) is 14.1. The minimum absolute atomic E-state index is 0.0253. The molecule has 106 valence electrons. The van der Waals surface area contributed by atoms with Crippen molar-refractivity contribution < 1.29 is 23.1 Å². The Kier molecular flexibility index (Phi) is 3.49. The number of hydrogen-bond acceptors (Lipinski definition) is 5. The summed E-state index contributed by atoms with van der Waals surface area (Å²) < 4.78 is 28.6. The number of benzene rings is 1. The van der Waals surface area contributed by atoms with Crippen LogP contribution in [-0.4, -0.2) is 43.1 Å². The number of para-hydroxylation sites is 1. The second-order valence-electron chi connectivity index (χ2n) is 4.08. The molecule has 2 rings (SSSR count). The molecule has 1 aromatic carbocycles. The summed E-state index contributed by atoms with van der Waals surface area (Å²) in [5.41, 5.74) is 0.607. The van der Waals surface area contributed by atoms with E-state index in [4.69, 9.17) is 9.84 Å². The number of carboxylic acids is 1. The predicted octanol–water partition coefficient (Wildman–Crippen LogP) is 1.19. The molecule has 2 N–H and O–H groups in total. The standard InChI is InChI=1S/C12H12N2O5S/c1-19-11-7(4-3-5-10(11)20(2,17)18)8-6-9(12(15)16)14-13-8/h3-6H,1-2H3,(H,13,14)(H,15,16). The summed E-state index contributed by atoms with van der Waals surface area (Å²) in [6, 6.07) is 5.88. The Hall–Kier alpha value is -2.35. The Morgan fingerprint density at radius 3 is 2.60 bits per heavy atom. The van der Waals surface area contributed by atoms with Gasteiger partial charge in [0.2, 0.25) is 0 Å². The van der Waals surface area contributed by atoms with Crippen LogP contribution in [0.4, 0.5) is 0 Å². The van der Waals surface area contributed by atoms with E-state index in [9.17, 15) is 13.2 Å². The number of carbonyl (C=O) groups is 1. The fourth-order valence-electron chi connectivity index (χ4n) is 1.79. The molecule has 0 radical (unpaired) electrons. The second-order valence-corrected chi connectivity index (χ2v) is 6.07. The first-order valence-electron chi connectivity index (χ1n) is 5.50. The molecular weight excluding hydrogens is 284 g/mol. The van der Waals surface area contributed by atoms with Crippen molar-refractivity contribution in [2.75, 3.05) is 13.4 Å². The molecule has 20 heavy (non-hydrogen) atoms. The van der Waals surface area contributed by atoms with Gasteiger partial charge in [-0.2, -0.15) is 5.10 Å². The van der Waals surface area contributed by atoms with Crippen LogP contribution in [0, 0.1) is 0 Å². The third-order valence-electron chi connectivity index (χ3n) is 2.67. The van der Waals surface area contributed by atoms with Gasteiger partial charge in [-0.1, -0.05) is 6.07 Å².